The van der Waals surface area contributed by atoms with E-state index in [9.17, 15) is 0 Å². The summed E-state index contributed by atoms with van der Waals surface area (Å²) in [6.45, 7) is 2.30. The molecule has 0 fully saturated rings. The van der Waals surface area contributed by atoms with Crippen molar-refractivity contribution in [1.82, 2.24) is 9.55 Å². The van der Waals surface area contributed by atoms with Crippen LogP contribution in [-0.4, -0.2) is 9.55 Å². The summed E-state index contributed by atoms with van der Waals surface area (Å²) >= 11 is 0. The highest BCUT2D eigenvalue weighted by atomic mass is 15.1. The number of benzene rings is 5. The van der Waals surface area contributed by atoms with E-state index < -0.39 is 0 Å². The third-order valence-corrected chi connectivity index (χ3v) is 9.60. The maximum Gasteiger partial charge on any atom is 0.145 e. The molecule has 3 nitrogen and oxygen atoms in total. The number of rotatable bonds is 3. The van der Waals surface area contributed by atoms with Gasteiger partial charge in [0.1, 0.15) is 5.82 Å². The van der Waals surface area contributed by atoms with Gasteiger partial charge in [-0.15, -0.1) is 0 Å². The van der Waals surface area contributed by atoms with Crippen molar-refractivity contribution < 1.29 is 0 Å². The van der Waals surface area contributed by atoms with Crippen molar-refractivity contribution in [2.75, 3.05) is 0 Å². The van der Waals surface area contributed by atoms with E-state index >= 15 is 0 Å². The lowest BCUT2D eigenvalue weighted by atomic mass is 9.76. The normalized spacial score (nSPS) is 20.2. The monoisotopic (exact) mass is 565 g/mol. The molecular formula is C41H31N3. The second-order valence-corrected chi connectivity index (χ2v) is 12.2. The van der Waals surface area contributed by atoms with Crippen LogP contribution in [0.15, 0.2) is 138 Å². The average Bonchev–Trinajstić information content (AvgIpc) is 3.47. The predicted molar refractivity (Wildman–Crippen MR) is 181 cm³/mol. The van der Waals surface area contributed by atoms with Gasteiger partial charge in [0, 0.05) is 33.7 Å². The Balaban J connectivity index is 1.24. The summed E-state index contributed by atoms with van der Waals surface area (Å²) < 4.78 is 2.36. The number of nitrogens with zero attached hydrogens (tertiary/aromatic N) is 3. The van der Waals surface area contributed by atoms with Crippen molar-refractivity contribution in [3.05, 3.63) is 161 Å². The van der Waals surface area contributed by atoms with Gasteiger partial charge < -0.3 is 0 Å². The number of fused-ring (bicyclic) bond motifs is 7. The van der Waals surface area contributed by atoms with Crippen molar-refractivity contribution in [2.24, 2.45) is 16.8 Å². The van der Waals surface area contributed by atoms with Crippen LogP contribution in [0, 0.1) is 11.8 Å². The number of para-hydroxylation sites is 2. The van der Waals surface area contributed by atoms with E-state index in [1.807, 2.05) is 0 Å². The summed E-state index contributed by atoms with van der Waals surface area (Å²) in [5.74, 6) is 1.57. The van der Waals surface area contributed by atoms with Crippen LogP contribution in [0.25, 0.3) is 50.5 Å². The van der Waals surface area contributed by atoms with Crippen LogP contribution < -0.4 is 10.6 Å². The zero-order valence-corrected chi connectivity index (χ0v) is 24.6. The molecule has 1 aliphatic heterocycles. The first-order valence-electron chi connectivity index (χ1n) is 15.6. The van der Waals surface area contributed by atoms with Crippen molar-refractivity contribution in [3.8, 4) is 11.4 Å². The minimum atomic E-state index is 0.0427. The maximum absolute atomic E-state index is 5.48. The molecule has 0 spiro atoms. The van der Waals surface area contributed by atoms with Crippen molar-refractivity contribution in [3.63, 3.8) is 0 Å². The molecular weight excluding hydrogens is 534 g/mol. The highest BCUT2D eigenvalue weighted by Gasteiger charge is 2.32. The molecule has 3 heteroatoms. The SMILES string of the molecule is CC1CC=CC=C1n1c(-c2ccc(C3=c4ccc5ccccc5c4=NC4c5ccccc5C=CC34)cc2)nc2ccccc21. The molecule has 2 heterocycles. The Morgan fingerprint density at radius 1 is 0.773 bits per heavy atom. The Bertz CT molecular complexity index is 2330. The lowest BCUT2D eigenvalue weighted by Gasteiger charge is -2.32. The number of imidazole rings is 1. The summed E-state index contributed by atoms with van der Waals surface area (Å²) in [5, 5.41) is 4.76. The molecule has 2 aliphatic carbocycles. The number of hydrogen-bond donors (Lipinski definition) is 0. The van der Waals surface area contributed by atoms with E-state index in [1.165, 1.54) is 44.0 Å². The van der Waals surface area contributed by atoms with Gasteiger partial charge in [-0.3, -0.25) is 9.56 Å². The van der Waals surface area contributed by atoms with Crippen LogP contribution in [-0.2, 0) is 0 Å². The minimum absolute atomic E-state index is 0.0427. The zero-order valence-electron chi connectivity index (χ0n) is 24.6. The molecule has 3 aliphatic rings. The summed E-state index contributed by atoms with van der Waals surface area (Å²) in [6.07, 6.45) is 12.4. The Labute approximate surface area is 256 Å². The second-order valence-electron chi connectivity index (χ2n) is 12.2. The molecule has 0 saturated carbocycles. The van der Waals surface area contributed by atoms with Gasteiger partial charge in [0.15, 0.2) is 0 Å². The molecule has 5 aromatic carbocycles. The third kappa shape index (κ3) is 3.82. The van der Waals surface area contributed by atoms with Crippen molar-refractivity contribution in [2.45, 2.75) is 19.4 Å². The molecule has 0 radical (unpaired) electrons. The van der Waals surface area contributed by atoms with Crippen LogP contribution in [0.2, 0.25) is 0 Å². The summed E-state index contributed by atoms with van der Waals surface area (Å²) in [6, 6.07) is 39.5. The van der Waals surface area contributed by atoms with Crippen LogP contribution in [0.5, 0.6) is 0 Å². The molecule has 0 saturated heterocycles. The van der Waals surface area contributed by atoms with E-state index in [0.717, 1.165) is 34.2 Å². The molecule has 3 atom stereocenters. The summed E-state index contributed by atoms with van der Waals surface area (Å²) in [5.41, 5.74) is 9.71. The molecule has 0 bridgehead atoms. The fourth-order valence-corrected chi connectivity index (χ4v) is 7.43. The molecule has 0 amide bonds. The van der Waals surface area contributed by atoms with Gasteiger partial charge in [-0.1, -0.05) is 128 Å². The summed E-state index contributed by atoms with van der Waals surface area (Å²) in [7, 11) is 0. The van der Waals surface area contributed by atoms with Crippen LogP contribution in [0.4, 0.5) is 0 Å². The first-order valence-corrected chi connectivity index (χ1v) is 15.6. The second kappa shape index (κ2) is 9.89. The average molecular weight is 566 g/mol. The van der Waals surface area contributed by atoms with Gasteiger partial charge in [-0.2, -0.15) is 0 Å². The topological polar surface area (TPSA) is 30.2 Å². The van der Waals surface area contributed by atoms with Gasteiger partial charge >= 0.3 is 0 Å². The van der Waals surface area contributed by atoms with Gasteiger partial charge in [-0.05, 0) is 52.3 Å². The highest BCUT2D eigenvalue weighted by molar-refractivity contribution is 5.87. The van der Waals surface area contributed by atoms with Gasteiger partial charge in [0.2, 0.25) is 0 Å². The molecule has 0 N–H and O–H groups in total. The Morgan fingerprint density at radius 3 is 2.48 bits per heavy atom. The van der Waals surface area contributed by atoms with E-state index in [1.54, 1.807) is 0 Å². The molecule has 9 rings (SSSR count). The quantitative estimate of drug-likeness (QED) is 0.212. The largest absolute Gasteiger partial charge is 0.296 e. The van der Waals surface area contributed by atoms with E-state index in [0.29, 0.717) is 5.92 Å². The van der Waals surface area contributed by atoms with Crippen molar-refractivity contribution in [1.29, 1.82) is 0 Å². The summed E-state index contributed by atoms with van der Waals surface area (Å²) in [4.78, 5) is 10.6. The molecule has 6 aromatic rings. The predicted octanol–water partition coefficient (Wildman–Crippen LogP) is 8.51. The molecule has 3 unspecified atom stereocenters. The van der Waals surface area contributed by atoms with E-state index in [4.69, 9.17) is 9.98 Å². The standard InChI is InChI=1S/C41H31N3/c1-26-10-2-8-16-36(26)44-37-17-9-7-15-35(37)42-41(44)30-20-18-29(19-21-30)38-33-24-22-27-11-3-5-13-31(27)39(33)43-40-32-14-6-4-12-28(32)23-25-34(38)40/h2-9,11-26,33,39H,10H2,1H3. The molecule has 1 aromatic heterocycles. The van der Waals surface area contributed by atoms with Gasteiger partial charge in [0.05, 0.1) is 22.4 Å². The van der Waals surface area contributed by atoms with Crippen molar-refractivity contribution >= 4 is 39.2 Å². The zero-order chi connectivity index (χ0) is 29.2. The Kier molecular flexibility index (Phi) is 5.67. The highest BCUT2D eigenvalue weighted by Crippen LogP contribution is 2.43. The van der Waals surface area contributed by atoms with Crippen LogP contribution in [0.3, 0.4) is 0 Å². The number of hydrogen-bond acceptors (Lipinski definition) is 2. The van der Waals surface area contributed by atoms with Crippen LogP contribution >= 0.6 is 0 Å². The smallest absolute Gasteiger partial charge is 0.145 e. The fraction of sp³-hybridized carbons (Fsp3) is 0.122. The minimum Gasteiger partial charge on any atom is -0.296 e. The van der Waals surface area contributed by atoms with Gasteiger partial charge in [-0.25, -0.2) is 4.98 Å². The number of aromatic nitrogens is 2. The maximum atomic E-state index is 5.48. The van der Waals surface area contributed by atoms with E-state index in [2.05, 4.69) is 151 Å². The lowest BCUT2D eigenvalue weighted by molar-refractivity contribution is 0.600. The fourth-order valence-electron chi connectivity index (χ4n) is 7.43. The van der Waals surface area contributed by atoms with Crippen LogP contribution in [0.1, 0.15) is 36.1 Å². The number of allylic oxidation sites excluding steroid dienone is 4. The molecule has 44 heavy (non-hydrogen) atoms. The van der Waals surface area contributed by atoms with E-state index in [-0.39, 0.29) is 12.0 Å². The third-order valence-electron chi connectivity index (χ3n) is 9.60. The first kappa shape index (κ1) is 25.2. The molecule has 210 valence electrons. The first-order chi connectivity index (χ1) is 21.7. The lowest BCUT2D eigenvalue weighted by Crippen LogP contribution is -2.37. The van der Waals surface area contributed by atoms with Gasteiger partial charge in [0.25, 0.3) is 0 Å². The Morgan fingerprint density at radius 2 is 1.57 bits per heavy atom. The Hall–Kier alpha value is -5.28.